The summed E-state index contributed by atoms with van der Waals surface area (Å²) in [5.74, 6) is -1.30. The molecule has 0 aliphatic rings. The Kier molecular flexibility index (Phi) is 6.19. The highest BCUT2D eigenvalue weighted by molar-refractivity contribution is 5.66. The van der Waals surface area contributed by atoms with Crippen LogP contribution in [0.25, 0.3) is 11.3 Å². The van der Waals surface area contributed by atoms with Crippen LogP contribution < -0.4 is 10.5 Å². The molecule has 0 saturated carbocycles. The minimum absolute atomic E-state index is 0.114. The molecule has 3 rings (SSSR count). The average molecular weight is 408 g/mol. The van der Waals surface area contributed by atoms with E-state index in [2.05, 4.69) is 10.2 Å². The van der Waals surface area contributed by atoms with Gasteiger partial charge in [0.2, 0.25) is 0 Å². The zero-order valence-electron chi connectivity index (χ0n) is 15.6. The minimum Gasteiger partial charge on any atom is -0.457 e. The van der Waals surface area contributed by atoms with Crippen LogP contribution >= 0.6 is 0 Å². The second-order valence-corrected chi connectivity index (χ2v) is 6.53. The number of aromatic amines is 1. The summed E-state index contributed by atoms with van der Waals surface area (Å²) >= 11 is 0. The number of para-hydroxylation sites is 1. The normalized spacial score (nSPS) is 11.8. The third-order valence-corrected chi connectivity index (χ3v) is 4.27. The molecule has 3 N–H and O–H groups in total. The summed E-state index contributed by atoms with van der Waals surface area (Å²) < 4.78 is 61.1. The highest BCUT2D eigenvalue weighted by Crippen LogP contribution is 2.41. The van der Waals surface area contributed by atoms with E-state index in [4.69, 9.17) is 10.5 Å². The second kappa shape index (κ2) is 8.62. The molecule has 0 aliphatic heterocycles. The van der Waals surface area contributed by atoms with Crippen molar-refractivity contribution in [2.24, 2.45) is 5.73 Å². The smallest absolute Gasteiger partial charge is 0.420 e. The largest absolute Gasteiger partial charge is 0.457 e. The topological polar surface area (TPSA) is 67.2 Å². The van der Waals surface area contributed by atoms with E-state index < -0.39 is 23.3 Å². The zero-order valence-corrected chi connectivity index (χ0v) is 15.6. The van der Waals surface area contributed by atoms with Crippen molar-refractivity contribution in [3.63, 3.8) is 0 Å². The Morgan fingerprint density at radius 3 is 2.55 bits per heavy atom. The first-order valence-corrected chi connectivity index (χ1v) is 8.85. The molecule has 0 bridgehead atoms. The molecule has 0 radical (unpaired) electrons. The first-order chi connectivity index (χ1) is 13.8. The van der Waals surface area contributed by atoms with Gasteiger partial charge in [-0.05, 0) is 25.2 Å². The van der Waals surface area contributed by atoms with Crippen LogP contribution in [0.1, 0.15) is 11.1 Å². The van der Waals surface area contributed by atoms with Crippen molar-refractivity contribution in [1.29, 1.82) is 0 Å². The van der Waals surface area contributed by atoms with Gasteiger partial charge in [0.25, 0.3) is 0 Å². The van der Waals surface area contributed by atoms with Gasteiger partial charge in [-0.2, -0.15) is 18.3 Å². The molecule has 0 unspecified atom stereocenters. The Hall–Kier alpha value is -2.91. The van der Waals surface area contributed by atoms with Gasteiger partial charge in [-0.1, -0.05) is 18.2 Å². The number of hydrogen-bond acceptors (Lipinski definition) is 4. The van der Waals surface area contributed by atoms with Crippen molar-refractivity contribution in [3.8, 4) is 22.8 Å². The van der Waals surface area contributed by atoms with Crippen molar-refractivity contribution in [1.82, 2.24) is 15.1 Å². The first-order valence-electron chi connectivity index (χ1n) is 8.85. The molecule has 154 valence electrons. The number of H-pyrrole nitrogens is 1. The van der Waals surface area contributed by atoms with Crippen molar-refractivity contribution >= 4 is 0 Å². The van der Waals surface area contributed by atoms with Gasteiger partial charge in [-0.3, -0.25) is 5.10 Å². The van der Waals surface area contributed by atoms with E-state index in [1.54, 1.807) is 25.2 Å². The van der Waals surface area contributed by atoms with E-state index in [0.717, 1.165) is 12.1 Å². The molecule has 2 aromatic carbocycles. The lowest BCUT2D eigenvalue weighted by Gasteiger charge is -2.17. The maximum absolute atomic E-state index is 14.8. The lowest BCUT2D eigenvalue weighted by atomic mass is 10.0. The number of benzene rings is 2. The molecule has 3 aromatic rings. The monoisotopic (exact) mass is 408 g/mol. The quantitative estimate of drug-likeness (QED) is 0.568. The van der Waals surface area contributed by atoms with Crippen LogP contribution in [0.5, 0.6) is 11.5 Å². The molecule has 29 heavy (non-hydrogen) atoms. The van der Waals surface area contributed by atoms with Gasteiger partial charge >= 0.3 is 6.18 Å². The highest BCUT2D eigenvalue weighted by Gasteiger charge is 2.36. The first kappa shape index (κ1) is 20.8. The van der Waals surface area contributed by atoms with Gasteiger partial charge in [0.05, 0.1) is 11.3 Å². The number of ether oxygens (including phenoxy) is 1. The summed E-state index contributed by atoms with van der Waals surface area (Å²) in [6.45, 7) is 1.35. The maximum Gasteiger partial charge on any atom is 0.420 e. The fraction of sp³-hybridized carbons (Fsp3) is 0.250. The number of nitrogens with one attached hydrogen (secondary N) is 1. The Labute approximate surface area is 165 Å². The Balaban J connectivity index is 2.03. The molecule has 0 atom stereocenters. The number of aromatic nitrogens is 2. The van der Waals surface area contributed by atoms with Gasteiger partial charge in [0.1, 0.15) is 17.3 Å². The SMILES string of the molecule is CN(CCN)Cc1c[nH]nc1-c1cc(C(F)(F)F)c(Oc2ccccc2)cc1F. The lowest BCUT2D eigenvalue weighted by molar-refractivity contribution is -0.138. The van der Waals surface area contributed by atoms with Crippen LogP contribution in [0, 0.1) is 5.82 Å². The van der Waals surface area contributed by atoms with Crippen molar-refractivity contribution in [2.45, 2.75) is 12.7 Å². The number of halogens is 4. The van der Waals surface area contributed by atoms with E-state index in [-0.39, 0.29) is 17.0 Å². The standard InChI is InChI=1S/C20H20F4N4O/c1-28(8-7-25)12-13-11-26-27-19(13)15-9-16(20(22,23)24)18(10-17(15)21)29-14-5-3-2-4-6-14/h2-6,9-11H,7-8,12,25H2,1H3,(H,26,27). The van der Waals surface area contributed by atoms with Crippen molar-refractivity contribution in [2.75, 3.05) is 20.1 Å². The van der Waals surface area contributed by atoms with E-state index in [1.165, 1.54) is 18.3 Å². The fourth-order valence-electron chi connectivity index (χ4n) is 2.92. The Bertz CT molecular complexity index is 957. The fourth-order valence-corrected chi connectivity index (χ4v) is 2.92. The van der Waals surface area contributed by atoms with Gasteiger partial charge < -0.3 is 15.4 Å². The molecule has 1 heterocycles. The second-order valence-electron chi connectivity index (χ2n) is 6.53. The van der Waals surface area contributed by atoms with Gasteiger partial charge in [0.15, 0.2) is 0 Å². The summed E-state index contributed by atoms with van der Waals surface area (Å²) in [5.41, 5.74) is 4.85. The number of rotatable bonds is 7. The minimum atomic E-state index is -4.74. The number of nitrogens with zero attached hydrogens (tertiary/aromatic N) is 2. The molecular weight excluding hydrogens is 388 g/mol. The molecule has 5 nitrogen and oxygen atoms in total. The zero-order chi connectivity index (χ0) is 21.0. The molecule has 1 aromatic heterocycles. The number of hydrogen-bond donors (Lipinski definition) is 2. The van der Waals surface area contributed by atoms with Crippen LogP contribution in [0.2, 0.25) is 0 Å². The van der Waals surface area contributed by atoms with Crippen LogP contribution in [0.4, 0.5) is 17.6 Å². The van der Waals surface area contributed by atoms with Gasteiger partial charge in [-0.15, -0.1) is 0 Å². The predicted octanol–water partition coefficient (Wildman–Crippen LogP) is 4.42. The Morgan fingerprint density at radius 2 is 1.90 bits per heavy atom. The van der Waals surface area contributed by atoms with Crippen LogP contribution in [-0.4, -0.2) is 35.2 Å². The third-order valence-electron chi connectivity index (χ3n) is 4.27. The molecule has 9 heteroatoms. The maximum atomic E-state index is 14.8. The Morgan fingerprint density at radius 1 is 1.17 bits per heavy atom. The lowest BCUT2D eigenvalue weighted by Crippen LogP contribution is -2.25. The summed E-state index contributed by atoms with van der Waals surface area (Å²) in [4.78, 5) is 1.86. The highest BCUT2D eigenvalue weighted by atomic mass is 19.4. The molecular formula is C20H20F4N4O. The van der Waals surface area contributed by atoms with Crippen LogP contribution in [0.15, 0.2) is 48.7 Å². The summed E-state index contributed by atoms with van der Waals surface area (Å²) in [7, 11) is 1.80. The summed E-state index contributed by atoms with van der Waals surface area (Å²) in [6.07, 6.45) is -3.21. The summed E-state index contributed by atoms with van der Waals surface area (Å²) in [5, 5.41) is 6.56. The third kappa shape index (κ3) is 4.93. The van der Waals surface area contributed by atoms with Gasteiger partial charge in [0, 0.05) is 43.0 Å². The average Bonchev–Trinajstić information content (AvgIpc) is 3.09. The van der Waals surface area contributed by atoms with Crippen molar-refractivity contribution < 1.29 is 22.3 Å². The predicted molar refractivity (Wildman–Crippen MR) is 101 cm³/mol. The molecule has 0 spiro atoms. The van der Waals surface area contributed by atoms with E-state index in [9.17, 15) is 17.6 Å². The van der Waals surface area contributed by atoms with E-state index >= 15 is 0 Å². The number of likely N-dealkylation sites (N-methyl/N-ethyl adjacent to an activating group) is 1. The van der Waals surface area contributed by atoms with E-state index in [1.807, 2.05) is 4.90 Å². The molecule has 0 saturated heterocycles. The molecule has 0 fully saturated rings. The van der Waals surface area contributed by atoms with Gasteiger partial charge in [-0.25, -0.2) is 4.39 Å². The van der Waals surface area contributed by atoms with E-state index in [0.29, 0.717) is 25.2 Å². The molecule has 0 amide bonds. The van der Waals surface area contributed by atoms with Crippen LogP contribution in [-0.2, 0) is 12.7 Å². The summed E-state index contributed by atoms with van der Waals surface area (Å²) in [6, 6.07) is 9.38. The number of alkyl halides is 3. The van der Waals surface area contributed by atoms with Crippen LogP contribution in [0.3, 0.4) is 0 Å². The number of nitrogens with two attached hydrogens (primary N) is 1. The molecule has 0 aliphatic carbocycles. The van der Waals surface area contributed by atoms with Crippen molar-refractivity contribution in [3.05, 3.63) is 65.6 Å².